The predicted molar refractivity (Wildman–Crippen MR) is 66.8 cm³/mol. The van der Waals surface area contributed by atoms with Gasteiger partial charge in [-0.1, -0.05) is 12.8 Å². The van der Waals surface area contributed by atoms with E-state index >= 15 is 0 Å². The zero-order chi connectivity index (χ0) is 12.8. The first-order chi connectivity index (χ1) is 8.61. The van der Waals surface area contributed by atoms with E-state index in [1.54, 1.807) is 18.2 Å². The van der Waals surface area contributed by atoms with Crippen molar-refractivity contribution in [1.29, 1.82) is 0 Å². The number of aliphatic hydroxyl groups is 1. The average Bonchev–Trinajstić information content (AvgIpc) is 2.64. The van der Waals surface area contributed by atoms with E-state index in [9.17, 15) is 15.1 Å². The van der Waals surface area contributed by atoms with E-state index in [4.69, 9.17) is 0 Å². The molecular weight excluding hydrogens is 230 g/mol. The SMILES string of the molecule is O=C1C2CCCCC2C[N+]1([O-])C1=CCC(O)C=C1. The Labute approximate surface area is 107 Å². The van der Waals surface area contributed by atoms with Crippen LogP contribution in [0.15, 0.2) is 23.9 Å². The first-order valence-electron chi connectivity index (χ1n) is 6.82. The van der Waals surface area contributed by atoms with Crippen molar-refractivity contribution in [2.75, 3.05) is 6.54 Å². The number of hydroxylamine groups is 3. The molecule has 0 radical (unpaired) electrons. The number of carbonyl (C=O) groups excluding carboxylic acids is 1. The Morgan fingerprint density at radius 3 is 2.78 bits per heavy atom. The van der Waals surface area contributed by atoms with Crippen molar-refractivity contribution in [2.24, 2.45) is 11.8 Å². The maximum absolute atomic E-state index is 12.8. The number of hydrogen-bond acceptors (Lipinski definition) is 3. The van der Waals surface area contributed by atoms with E-state index in [0.29, 0.717) is 18.7 Å². The molecule has 1 saturated heterocycles. The predicted octanol–water partition coefficient (Wildman–Crippen LogP) is 1.85. The number of rotatable bonds is 1. The highest BCUT2D eigenvalue weighted by atomic mass is 16.6. The number of fused-ring (bicyclic) bond motifs is 1. The molecule has 0 spiro atoms. The summed E-state index contributed by atoms with van der Waals surface area (Å²) in [4.78, 5) is 12.4. The summed E-state index contributed by atoms with van der Waals surface area (Å²) in [5.41, 5.74) is 0.528. The second-order valence-electron chi connectivity index (χ2n) is 5.70. The van der Waals surface area contributed by atoms with Gasteiger partial charge < -0.3 is 10.3 Å². The first kappa shape index (κ1) is 12.1. The van der Waals surface area contributed by atoms with Gasteiger partial charge in [-0.25, -0.2) is 4.79 Å². The number of amides is 1. The number of quaternary nitrogens is 1. The third-order valence-corrected chi connectivity index (χ3v) is 4.55. The minimum Gasteiger partial charge on any atom is -0.620 e. The summed E-state index contributed by atoms with van der Waals surface area (Å²) < 4.78 is -0.793. The van der Waals surface area contributed by atoms with Gasteiger partial charge >= 0.3 is 5.91 Å². The monoisotopic (exact) mass is 249 g/mol. The summed E-state index contributed by atoms with van der Waals surface area (Å²) in [6.45, 7) is 0.399. The molecule has 1 heterocycles. The molecule has 0 aromatic carbocycles. The van der Waals surface area contributed by atoms with Gasteiger partial charge in [0.25, 0.3) is 0 Å². The Kier molecular flexibility index (Phi) is 2.88. The van der Waals surface area contributed by atoms with Crippen LogP contribution in [0.4, 0.5) is 0 Å². The molecule has 2 fully saturated rings. The van der Waals surface area contributed by atoms with E-state index < -0.39 is 10.8 Å². The largest absolute Gasteiger partial charge is 0.620 e. The number of carbonyl (C=O) groups is 1. The molecule has 4 atom stereocenters. The van der Waals surface area contributed by atoms with Gasteiger partial charge in [0.1, 0.15) is 5.70 Å². The summed E-state index contributed by atoms with van der Waals surface area (Å²) in [6, 6.07) is 0. The van der Waals surface area contributed by atoms with Crippen LogP contribution in [0.5, 0.6) is 0 Å². The molecule has 98 valence electrons. The van der Waals surface area contributed by atoms with E-state index in [1.807, 2.05) is 0 Å². The molecule has 18 heavy (non-hydrogen) atoms. The smallest absolute Gasteiger partial charge is 0.322 e. The Balaban J connectivity index is 1.87. The lowest BCUT2D eigenvalue weighted by Crippen LogP contribution is -2.43. The summed E-state index contributed by atoms with van der Waals surface area (Å²) >= 11 is 0. The van der Waals surface area contributed by atoms with Crippen LogP contribution < -0.4 is 0 Å². The minimum atomic E-state index is -0.793. The van der Waals surface area contributed by atoms with Crippen LogP contribution >= 0.6 is 0 Å². The molecule has 1 N–H and O–H groups in total. The van der Waals surface area contributed by atoms with Crippen molar-refractivity contribution in [1.82, 2.24) is 0 Å². The highest BCUT2D eigenvalue weighted by Gasteiger charge is 2.51. The van der Waals surface area contributed by atoms with Gasteiger partial charge in [0.2, 0.25) is 0 Å². The van der Waals surface area contributed by atoms with Gasteiger partial charge in [0, 0.05) is 12.3 Å². The van der Waals surface area contributed by atoms with Gasteiger partial charge in [0.05, 0.1) is 18.6 Å². The topological polar surface area (TPSA) is 60.4 Å². The van der Waals surface area contributed by atoms with Gasteiger partial charge in [-0.2, -0.15) is 0 Å². The lowest BCUT2D eigenvalue weighted by molar-refractivity contribution is -0.754. The van der Waals surface area contributed by atoms with Crippen molar-refractivity contribution in [3.05, 3.63) is 29.1 Å². The standard InChI is InChI=1S/C14H19NO3/c16-12-7-5-11(6-8-12)15(18)9-10-3-1-2-4-13(10)14(15)17/h5-7,10,12-13,16H,1-4,8-9H2. The Morgan fingerprint density at radius 2 is 2.11 bits per heavy atom. The van der Waals surface area contributed by atoms with Crippen LogP contribution in [-0.4, -0.2) is 28.3 Å². The molecule has 3 aliphatic rings. The van der Waals surface area contributed by atoms with Crippen LogP contribution in [0.2, 0.25) is 0 Å². The molecule has 3 rings (SSSR count). The third kappa shape index (κ3) is 1.76. The Hall–Kier alpha value is -0.970. The fourth-order valence-electron chi connectivity index (χ4n) is 3.54. The van der Waals surface area contributed by atoms with E-state index in [2.05, 4.69) is 0 Å². The third-order valence-electron chi connectivity index (χ3n) is 4.55. The number of nitrogens with zero attached hydrogens (tertiary/aromatic N) is 1. The Morgan fingerprint density at radius 1 is 1.33 bits per heavy atom. The van der Waals surface area contributed by atoms with Gasteiger partial charge in [0.15, 0.2) is 0 Å². The molecule has 4 nitrogen and oxygen atoms in total. The van der Waals surface area contributed by atoms with Crippen LogP contribution in [0.3, 0.4) is 0 Å². The molecular formula is C14H19NO3. The second kappa shape index (κ2) is 4.30. The van der Waals surface area contributed by atoms with E-state index in [0.717, 1.165) is 25.7 Å². The number of likely N-dealkylation sites (tertiary alicyclic amines) is 1. The summed E-state index contributed by atoms with van der Waals surface area (Å²) in [7, 11) is 0. The van der Waals surface area contributed by atoms with Crippen molar-refractivity contribution < 1.29 is 14.5 Å². The summed E-state index contributed by atoms with van der Waals surface area (Å²) in [6.07, 6.45) is 9.01. The lowest BCUT2D eigenvalue weighted by Gasteiger charge is -2.37. The van der Waals surface area contributed by atoms with Crippen molar-refractivity contribution in [3.8, 4) is 0 Å². The number of aliphatic hydroxyl groups excluding tert-OH is 1. The van der Waals surface area contributed by atoms with Gasteiger partial charge in [-0.3, -0.25) is 4.65 Å². The zero-order valence-electron chi connectivity index (χ0n) is 10.4. The second-order valence-corrected chi connectivity index (χ2v) is 5.70. The van der Waals surface area contributed by atoms with Crippen LogP contribution in [0, 0.1) is 17.0 Å². The molecule has 1 aliphatic heterocycles. The zero-order valence-corrected chi connectivity index (χ0v) is 10.4. The maximum Gasteiger partial charge on any atom is 0.322 e. The molecule has 1 amide bonds. The fourth-order valence-corrected chi connectivity index (χ4v) is 3.54. The molecule has 4 unspecified atom stereocenters. The quantitative estimate of drug-likeness (QED) is 0.570. The van der Waals surface area contributed by atoms with E-state index in [-0.39, 0.29) is 17.7 Å². The summed E-state index contributed by atoms with van der Waals surface area (Å²) in [5, 5.41) is 22.2. The van der Waals surface area contributed by atoms with Crippen LogP contribution in [0.1, 0.15) is 32.1 Å². The number of allylic oxidation sites excluding steroid dienone is 1. The summed E-state index contributed by atoms with van der Waals surface area (Å²) in [5.74, 6) is 0.0780. The van der Waals surface area contributed by atoms with Crippen molar-refractivity contribution in [3.63, 3.8) is 0 Å². The number of hydrogen-bond donors (Lipinski definition) is 1. The molecule has 2 aliphatic carbocycles. The van der Waals surface area contributed by atoms with Crippen molar-refractivity contribution in [2.45, 2.75) is 38.2 Å². The Bertz CT molecular complexity index is 429. The van der Waals surface area contributed by atoms with Crippen LogP contribution in [0.25, 0.3) is 0 Å². The molecule has 0 aromatic rings. The first-order valence-corrected chi connectivity index (χ1v) is 6.82. The lowest BCUT2D eigenvalue weighted by atomic mass is 9.81. The normalized spacial score (nSPS) is 43.8. The minimum absolute atomic E-state index is 0.0302. The molecule has 0 aromatic heterocycles. The molecule has 0 bridgehead atoms. The van der Waals surface area contributed by atoms with E-state index in [1.165, 1.54) is 0 Å². The van der Waals surface area contributed by atoms with Crippen molar-refractivity contribution >= 4 is 5.91 Å². The average molecular weight is 249 g/mol. The maximum atomic E-state index is 12.8. The van der Waals surface area contributed by atoms with Crippen LogP contribution in [-0.2, 0) is 4.79 Å². The highest BCUT2D eigenvalue weighted by molar-refractivity contribution is 5.76. The fraction of sp³-hybridized carbons (Fsp3) is 0.643. The van der Waals surface area contributed by atoms with Gasteiger partial charge in [-0.15, -0.1) is 0 Å². The highest BCUT2D eigenvalue weighted by Crippen LogP contribution is 2.43. The van der Waals surface area contributed by atoms with Gasteiger partial charge in [-0.05, 0) is 31.1 Å². The molecule has 4 heteroatoms. The molecule has 1 saturated carbocycles.